The van der Waals surface area contributed by atoms with Gasteiger partial charge in [0.05, 0.1) is 29.2 Å². The molecule has 7 nitrogen and oxygen atoms in total. The first-order valence-electron chi connectivity index (χ1n) is 12.1. The second-order valence-electron chi connectivity index (χ2n) is 9.45. The van der Waals surface area contributed by atoms with Gasteiger partial charge in [0.15, 0.2) is 0 Å². The van der Waals surface area contributed by atoms with Crippen LogP contribution < -0.4 is 5.56 Å². The number of halogens is 3. The van der Waals surface area contributed by atoms with Gasteiger partial charge in [-0.25, -0.2) is 9.78 Å². The van der Waals surface area contributed by atoms with Crippen molar-refractivity contribution in [2.45, 2.75) is 26.6 Å². The lowest BCUT2D eigenvalue weighted by Gasteiger charge is -2.18. The molecule has 0 aliphatic heterocycles. The number of fused-ring (bicyclic) bond motifs is 1. The lowest BCUT2D eigenvalue weighted by atomic mass is 10.0. The van der Waals surface area contributed by atoms with Gasteiger partial charge in [-0.1, -0.05) is 42.0 Å². The maximum atomic E-state index is 14.0. The average molecular weight is 543 g/mol. The highest BCUT2D eigenvalue weighted by Gasteiger charge is 2.36. The number of aromatic carboxylic acids is 1. The smallest absolute Gasteiger partial charge is 0.417 e. The zero-order valence-electron chi connectivity index (χ0n) is 21.3. The molecule has 2 aromatic carbocycles. The Labute approximate surface area is 225 Å². The maximum Gasteiger partial charge on any atom is 0.417 e. The van der Waals surface area contributed by atoms with Gasteiger partial charge in [0.1, 0.15) is 17.3 Å². The quantitative estimate of drug-likeness (QED) is 0.270. The Balaban J connectivity index is 1.70. The van der Waals surface area contributed by atoms with E-state index in [1.54, 1.807) is 36.4 Å². The summed E-state index contributed by atoms with van der Waals surface area (Å²) in [4.78, 5) is 32.1. The molecule has 0 fully saturated rings. The Morgan fingerprint density at radius 3 is 2.48 bits per heavy atom. The molecule has 0 bridgehead atoms. The first kappa shape index (κ1) is 26.4. The molecular formula is C30H21F3N4O3. The molecule has 3 heterocycles. The fourth-order valence-electron chi connectivity index (χ4n) is 4.68. The molecule has 0 radical (unpaired) electrons. The normalized spacial score (nSPS) is 11.5. The van der Waals surface area contributed by atoms with Crippen molar-refractivity contribution in [3.05, 3.63) is 111 Å². The predicted molar refractivity (Wildman–Crippen MR) is 143 cm³/mol. The van der Waals surface area contributed by atoms with Gasteiger partial charge >= 0.3 is 12.1 Å². The number of benzene rings is 2. The molecule has 5 aromatic rings. The summed E-state index contributed by atoms with van der Waals surface area (Å²) in [5.41, 5.74) is 0.731. The van der Waals surface area contributed by atoms with Crippen LogP contribution in [-0.2, 0) is 12.7 Å². The van der Waals surface area contributed by atoms with E-state index < -0.39 is 28.8 Å². The summed E-state index contributed by atoms with van der Waals surface area (Å²) in [5, 5.41) is 19.4. The van der Waals surface area contributed by atoms with Crippen molar-refractivity contribution >= 4 is 16.9 Å². The Bertz CT molecular complexity index is 1910. The second kappa shape index (κ2) is 9.85. The number of nitrogens with one attached hydrogen (secondary N) is 1. The van der Waals surface area contributed by atoms with Gasteiger partial charge in [-0.05, 0) is 55.3 Å². The monoisotopic (exact) mass is 542 g/mol. The molecule has 10 heteroatoms. The van der Waals surface area contributed by atoms with Crippen LogP contribution in [0.2, 0.25) is 0 Å². The fraction of sp³-hybridized carbons (Fsp3) is 0.133. The van der Waals surface area contributed by atoms with Gasteiger partial charge in [-0.15, -0.1) is 0 Å². The number of rotatable bonds is 5. The molecule has 200 valence electrons. The molecule has 3 aromatic heterocycles. The fourth-order valence-corrected chi connectivity index (χ4v) is 4.68. The number of H-pyrrole nitrogens is 1. The van der Waals surface area contributed by atoms with E-state index in [1.165, 1.54) is 18.2 Å². The number of pyridine rings is 2. The third-order valence-electron chi connectivity index (χ3n) is 6.70. The van der Waals surface area contributed by atoms with E-state index in [0.717, 1.165) is 21.8 Å². The Morgan fingerprint density at radius 1 is 1.05 bits per heavy atom. The predicted octanol–water partition coefficient (Wildman–Crippen LogP) is 6.31. The van der Waals surface area contributed by atoms with Crippen molar-refractivity contribution in [2.75, 3.05) is 0 Å². The maximum absolute atomic E-state index is 14.0. The summed E-state index contributed by atoms with van der Waals surface area (Å²) in [6, 6.07) is 19.2. The van der Waals surface area contributed by atoms with E-state index in [0.29, 0.717) is 27.7 Å². The topological polar surface area (TPSA) is 112 Å². The van der Waals surface area contributed by atoms with Crippen LogP contribution in [0.4, 0.5) is 13.2 Å². The highest BCUT2D eigenvalue weighted by atomic mass is 19.4. The number of nitriles is 1. The highest BCUT2D eigenvalue weighted by molar-refractivity contribution is 5.95. The SMILES string of the molecule is Cc1ccc(Cn2c(-c3cccc(-c4ccc5cc(C(=O)O)[nH]c5c4)n3)cc(C(F)(F)F)c(C#N)c2=O)c(C)c1. The lowest BCUT2D eigenvalue weighted by molar-refractivity contribution is -0.137. The van der Waals surface area contributed by atoms with Crippen LogP contribution in [0.25, 0.3) is 33.5 Å². The van der Waals surface area contributed by atoms with E-state index in [1.807, 2.05) is 26.0 Å². The number of nitrogens with zero attached hydrogens (tertiary/aromatic N) is 3. The Kier molecular flexibility index (Phi) is 6.51. The number of aryl methyl sites for hydroxylation is 2. The van der Waals surface area contributed by atoms with E-state index in [9.17, 15) is 33.1 Å². The lowest BCUT2D eigenvalue weighted by Crippen LogP contribution is -2.29. The number of alkyl halides is 3. The number of carboxylic acids is 1. The molecular weight excluding hydrogens is 521 g/mol. The van der Waals surface area contributed by atoms with Gasteiger partial charge in [0.25, 0.3) is 5.56 Å². The number of carboxylic acid groups (broad SMARTS) is 1. The average Bonchev–Trinajstić information content (AvgIpc) is 3.34. The standard InChI is InChI=1S/C30H21F3N4O3/c1-16-6-7-20(17(2)10-16)15-37-27(13-22(30(31,32)33)21(14-34)28(37)38)24-5-3-4-23(35-24)18-8-9-19-12-26(29(39)40)36-25(19)11-18/h3-13,36H,15H2,1-2H3,(H,39,40). The van der Waals surface area contributed by atoms with Crippen LogP contribution in [0.5, 0.6) is 0 Å². The number of aromatic amines is 1. The zero-order valence-corrected chi connectivity index (χ0v) is 21.3. The van der Waals surface area contributed by atoms with Crippen molar-refractivity contribution < 1.29 is 23.1 Å². The van der Waals surface area contributed by atoms with E-state index >= 15 is 0 Å². The first-order chi connectivity index (χ1) is 19.0. The number of aromatic nitrogens is 3. The van der Waals surface area contributed by atoms with Gasteiger partial charge in [0.2, 0.25) is 0 Å². The van der Waals surface area contributed by atoms with Crippen molar-refractivity contribution in [3.63, 3.8) is 0 Å². The summed E-state index contributed by atoms with van der Waals surface area (Å²) < 4.78 is 43.0. The van der Waals surface area contributed by atoms with E-state index in [4.69, 9.17) is 0 Å². The van der Waals surface area contributed by atoms with Crippen LogP contribution in [0, 0.1) is 25.2 Å². The third-order valence-corrected chi connectivity index (χ3v) is 6.70. The van der Waals surface area contributed by atoms with Crippen molar-refractivity contribution in [1.82, 2.24) is 14.5 Å². The number of hydrogen-bond donors (Lipinski definition) is 2. The summed E-state index contributed by atoms with van der Waals surface area (Å²) in [6.07, 6.45) is -4.93. The number of carbonyl (C=O) groups is 1. The molecule has 0 unspecified atom stereocenters. The second-order valence-corrected chi connectivity index (χ2v) is 9.45. The van der Waals surface area contributed by atoms with Crippen LogP contribution in [-0.4, -0.2) is 25.6 Å². The van der Waals surface area contributed by atoms with E-state index in [-0.39, 0.29) is 23.6 Å². The molecule has 2 N–H and O–H groups in total. The molecule has 0 spiro atoms. The third kappa shape index (κ3) is 4.85. The summed E-state index contributed by atoms with van der Waals surface area (Å²) in [6.45, 7) is 3.68. The zero-order chi connectivity index (χ0) is 28.8. The minimum atomic E-state index is -4.93. The molecule has 0 saturated carbocycles. The van der Waals surface area contributed by atoms with Crippen LogP contribution >= 0.6 is 0 Å². The summed E-state index contributed by atoms with van der Waals surface area (Å²) in [5.74, 6) is -1.11. The largest absolute Gasteiger partial charge is 0.477 e. The van der Waals surface area contributed by atoms with Crippen molar-refractivity contribution in [3.8, 4) is 28.7 Å². The van der Waals surface area contributed by atoms with Crippen LogP contribution in [0.15, 0.2) is 71.5 Å². The molecule has 0 aliphatic rings. The minimum absolute atomic E-state index is 0.0153. The molecule has 0 atom stereocenters. The molecule has 5 rings (SSSR count). The van der Waals surface area contributed by atoms with Gasteiger partial charge in [0, 0.05) is 16.5 Å². The summed E-state index contributed by atoms with van der Waals surface area (Å²) >= 11 is 0. The van der Waals surface area contributed by atoms with Crippen molar-refractivity contribution in [1.29, 1.82) is 5.26 Å². The Morgan fingerprint density at radius 2 is 1.80 bits per heavy atom. The van der Waals surface area contributed by atoms with Gasteiger partial charge in [-0.3, -0.25) is 4.79 Å². The van der Waals surface area contributed by atoms with Crippen LogP contribution in [0.3, 0.4) is 0 Å². The molecule has 40 heavy (non-hydrogen) atoms. The molecule has 0 saturated heterocycles. The van der Waals surface area contributed by atoms with Crippen molar-refractivity contribution in [2.24, 2.45) is 0 Å². The summed E-state index contributed by atoms with van der Waals surface area (Å²) in [7, 11) is 0. The molecule has 0 amide bonds. The van der Waals surface area contributed by atoms with Crippen LogP contribution in [0.1, 0.15) is 38.3 Å². The minimum Gasteiger partial charge on any atom is -0.477 e. The first-order valence-corrected chi connectivity index (χ1v) is 12.1. The van der Waals surface area contributed by atoms with Gasteiger partial charge < -0.3 is 14.7 Å². The van der Waals surface area contributed by atoms with Gasteiger partial charge in [-0.2, -0.15) is 18.4 Å². The molecule has 0 aliphatic carbocycles. The van der Waals surface area contributed by atoms with E-state index in [2.05, 4.69) is 9.97 Å². The highest BCUT2D eigenvalue weighted by Crippen LogP contribution is 2.34. The number of hydrogen-bond acceptors (Lipinski definition) is 4. The Hall–Kier alpha value is -5.17.